The normalized spacial score (nSPS) is 10.4. The first-order valence-electron chi connectivity index (χ1n) is 8.40. The number of nitrogens with zero attached hydrogens (tertiary/aromatic N) is 3. The molecule has 0 aliphatic rings. The fourth-order valence-electron chi connectivity index (χ4n) is 2.93. The van der Waals surface area contributed by atoms with E-state index >= 15 is 0 Å². The fourth-order valence-corrected chi connectivity index (χ4v) is 2.93. The third-order valence-electron chi connectivity index (χ3n) is 4.05. The first-order valence-corrected chi connectivity index (χ1v) is 8.40. The van der Waals surface area contributed by atoms with Crippen LogP contribution in [-0.2, 0) is 15.9 Å². The molecular weight excluding hydrogens is 346 g/mol. The summed E-state index contributed by atoms with van der Waals surface area (Å²) >= 11 is 0. The van der Waals surface area contributed by atoms with Crippen molar-refractivity contribution >= 4 is 11.9 Å². The van der Waals surface area contributed by atoms with Crippen molar-refractivity contribution in [2.75, 3.05) is 14.2 Å². The van der Waals surface area contributed by atoms with E-state index in [1.54, 1.807) is 13.0 Å². The van der Waals surface area contributed by atoms with Gasteiger partial charge in [0.15, 0.2) is 0 Å². The van der Waals surface area contributed by atoms with Crippen LogP contribution in [0.2, 0.25) is 0 Å². The molecule has 2 aromatic heterocycles. The Morgan fingerprint density at radius 2 is 1.89 bits per heavy atom. The van der Waals surface area contributed by atoms with Crippen LogP contribution in [0.4, 0.5) is 0 Å². The van der Waals surface area contributed by atoms with E-state index < -0.39 is 11.9 Å². The average Bonchev–Trinajstić information content (AvgIpc) is 2.65. The minimum Gasteiger partial charge on any atom is -0.465 e. The molecule has 2 heterocycles. The van der Waals surface area contributed by atoms with Gasteiger partial charge in [0.25, 0.3) is 0 Å². The van der Waals surface area contributed by atoms with E-state index in [1.807, 2.05) is 13.8 Å². The fraction of sp³-hybridized carbons (Fsp3) is 0.350. The van der Waals surface area contributed by atoms with Gasteiger partial charge in [0, 0.05) is 23.5 Å². The summed E-state index contributed by atoms with van der Waals surface area (Å²) in [7, 11) is 2.51. The van der Waals surface area contributed by atoms with Gasteiger partial charge in [-0.3, -0.25) is 9.97 Å². The van der Waals surface area contributed by atoms with Crippen LogP contribution >= 0.6 is 0 Å². The lowest BCUT2D eigenvalue weighted by Gasteiger charge is -2.18. The molecule has 2 aromatic rings. The molecule has 0 aromatic carbocycles. The first kappa shape index (κ1) is 20.0. The minimum atomic E-state index is -0.629. The molecule has 0 saturated heterocycles. The number of aromatic nitrogens is 2. The Hall–Kier alpha value is -3.27. The second-order valence-corrected chi connectivity index (χ2v) is 6.38. The maximum absolute atomic E-state index is 12.5. The van der Waals surface area contributed by atoms with E-state index in [0.29, 0.717) is 28.9 Å². The van der Waals surface area contributed by atoms with Crippen LogP contribution in [0.15, 0.2) is 18.5 Å². The number of carbonyl (C=O) groups excluding carboxylic acids is 2. The van der Waals surface area contributed by atoms with Gasteiger partial charge in [-0.15, -0.1) is 0 Å². The molecule has 7 nitrogen and oxygen atoms in total. The van der Waals surface area contributed by atoms with Gasteiger partial charge in [0.2, 0.25) is 0 Å². The summed E-state index contributed by atoms with van der Waals surface area (Å²) < 4.78 is 9.74. The van der Waals surface area contributed by atoms with E-state index in [4.69, 9.17) is 9.47 Å². The summed E-state index contributed by atoms with van der Waals surface area (Å²) in [6.45, 7) is 5.70. The molecule has 0 fully saturated rings. The second kappa shape index (κ2) is 8.41. The van der Waals surface area contributed by atoms with Crippen molar-refractivity contribution in [2.45, 2.75) is 27.2 Å². The number of ether oxygens (including phenoxy) is 2. The lowest BCUT2D eigenvalue weighted by molar-refractivity contribution is 0.0589. The van der Waals surface area contributed by atoms with E-state index in [9.17, 15) is 14.9 Å². The van der Waals surface area contributed by atoms with Crippen molar-refractivity contribution in [3.63, 3.8) is 0 Å². The SMILES string of the molecule is COC(=O)c1cnccc1-c1c(C#N)c(CC(C)C)nc(C)c1C(=O)OC. The van der Waals surface area contributed by atoms with Crippen molar-refractivity contribution < 1.29 is 19.1 Å². The van der Waals surface area contributed by atoms with Gasteiger partial charge in [-0.2, -0.15) is 5.26 Å². The Morgan fingerprint density at radius 3 is 2.44 bits per heavy atom. The van der Waals surface area contributed by atoms with Crippen molar-refractivity contribution in [1.29, 1.82) is 5.26 Å². The van der Waals surface area contributed by atoms with Gasteiger partial charge < -0.3 is 9.47 Å². The Bertz CT molecular complexity index is 930. The number of rotatable bonds is 5. The maximum Gasteiger partial charge on any atom is 0.340 e. The Labute approximate surface area is 158 Å². The van der Waals surface area contributed by atoms with Crippen molar-refractivity contribution in [1.82, 2.24) is 9.97 Å². The molecule has 0 saturated carbocycles. The van der Waals surface area contributed by atoms with E-state index in [2.05, 4.69) is 16.0 Å². The Kier molecular flexibility index (Phi) is 6.24. The predicted molar refractivity (Wildman–Crippen MR) is 98.1 cm³/mol. The predicted octanol–water partition coefficient (Wildman–Crippen LogP) is 3.10. The standard InChI is InChI=1S/C20H21N3O4/c1-11(2)8-16-14(9-21)18(17(12(3)23-16)20(25)27-5)13-6-7-22-10-15(13)19(24)26-4/h6-7,10-11H,8H2,1-5H3. The average molecular weight is 367 g/mol. The van der Waals surface area contributed by atoms with Gasteiger partial charge in [-0.1, -0.05) is 13.8 Å². The van der Waals surface area contributed by atoms with Crippen LogP contribution in [-0.4, -0.2) is 36.1 Å². The molecule has 0 atom stereocenters. The van der Waals surface area contributed by atoms with Crippen molar-refractivity contribution in [2.24, 2.45) is 5.92 Å². The highest BCUT2D eigenvalue weighted by Gasteiger charge is 2.27. The molecule has 0 N–H and O–H groups in total. The van der Waals surface area contributed by atoms with Crippen LogP contribution in [0.25, 0.3) is 11.1 Å². The molecule has 0 aliphatic carbocycles. The van der Waals surface area contributed by atoms with Crippen LogP contribution in [0.5, 0.6) is 0 Å². The number of nitriles is 1. The molecule has 0 spiro atoms. The monoisotopic (exact) mass is 367 g/mol. The lowest BCUT2D eigenvalue weighted by atomic mass is 9.89. The summed E-state index contributed by atoms with van der Waals surface area (Å²) in [6.07, 6.45) is 3.39. The lowest BCUT2D eigenvalue weighted by Crippen LogP contribution is -2.15. The third kappa shape index (κ3) is 3.95. The molecule has 0 aliphatic heterocycles. The van der Waals surface area contributed by atoms with Gasteiger partial charge in [-0.05, 0) is 25.3 Å². The van der Waals surface area contributed by atoms with Gasteiger partial charge in [-0.25, -0.2) is 9.59 Å². The van der Waals surface area contributed by atoms with Crippen molar-refractivity contribution in [3.8, 4) is 17.2 Å². The topological polar surface area (TPSA) is 102 Å². The third-order valence-corrected chi connectivity index (χ3v) is 4.05. The number of hydrogen-bond acceptors (Lipinski definition) is 7. The van der Waals surface area contributed by atoms with Gasteiger partial charge in [0.05, 0.1) is 42.3 Å². The number of carbonyl (C=O) groups is 2. The summed E-state index contributed by atoms with van der Waals surface area (Å²) in [5, 5.41) is 9.86. The highest BCUT2D eigenvalue weighted by Crippen LogP contribution is 2.34. The molecule has 2 rings (SSSR count). The quantitative estimate of drug-likeness (QED) is 0.748. The zero-order chi connectivity index (χ0) is 20.1. The molecule has 0 amide bonds. The molecule has 27 heavy (non-hydrogen) atoms. The van der Waals surface area contributed by atoms with E-state index in [0.717, 1.165) is 0 Å². The zero-order valence-corrected chi connectivity index (χ0v) is 16.0. The Balaban J connectivity index is 2.97. The van der Waals surface area contributed by atoms with Crippen molar-refractivity contribution in [3.05, 3.63) is 46.5 Å². The molecule has 140 valence electrons. The number of hydrogen-bond donors (Lipinski definition) is 0. The summed E-state index contributed by atoms with van der Waals surface area (Å²) in [5.41, 5.74) is 2.24. The maximum atomic E-state index is 12.5. The minimum absolute atomic E-state index is 0.151. The van der Waals surface area contributed by atoms with Gasteiger partial charge >= 0.3 is 11.9 Å². The highest BCUT2D eigenvalue weighted by atomic mass is 16.5. The molecule has 0 radical (unpaired) electrons. The van der Waals surface area contributed by atoms with E-state index in [1.165, 1.54) is 26.6 Å². The van der Waals surface area contributed by atoms with Crippen LogP contribution < -0.4 is 0 Å². The Morgan fingerprint density at radius 1 is 1.22 bits per heavy atom. The number of methoxy groups -OCH3 is 2. The van der Waals surface area contributed by atoms with Crippen LogP contribution in [0.1, 0.15) is 51.5 Å². The largest absolute Gasteiger partial charge is 0.465 e. The molecule has 7 heteroatoms. The number of aryl methyl sites for hydroxylation is 1. The summed E-state index contributed by atoms with van der Waals surface area (Å²) in [5.74, 6) is -0.994. The molecular formula is C20H21N3O4. The second-order valence-electron chi connectivity index (χ2n) is 6.38. The summed E-state index contributed by atoms with van der Waals surface area (Å²) in [4.78, 5) is 33.2. The molecule has 0 unspecified atom stereocenters. The van der Waals surface area contributed by atoms with Crippen LogP contribution in [0.3, 0.4) is 0 Å². The first-order chi connectivity index (χ1) is 12.8. The van der Waals surface area contributed by atoms with Gasteiger partial charge in [0.1, 0.15) is 6.07 Å². The van der Waals surface area contributed by atoms with Crippen LogP contribution in [0, 0.1) is 24.2 Å². The summed E-state index contributed by atoms with van der Waals surface area (Å²) in [6, 6.07) is 3.73. The number of esters is 2. The van der Waals surface area contributed by atoms with E-state index in [-0.39, 0.29) is 22.6 Å². The number of pyridine rings is 2. The zero-order valence-electron chi connectivity index (χ0n) is 16.0. The highest BCUT2D eigenvalue weighted by molar-refractivity contribution is 6.05. The molecule has 0 bridgehead atoms. The smallest absolute Gasteiger partial charge is 0.340 e.